The van der Waals surface area contributed by atoms with Crippen LogP contribution in [0.3, 0.4) is 0 Å². The number of carbonyl (C=O) groups is 1. The van der Waals surface area contributed by atoms with Crippen LogP contribution >= 0.6 is 0 Å². The molecule has 0 aromatic heterocycles. The molecule has 0 unspecified atom stereocenters. The number of hydrogen-bond acceptors (Lipinski definition) is 4. The van der Waals surface area contributed by atoms with Crippen LogP contribution < -0.4 is 0 Å². The molecule has 4 heteroatoms. The Morgan fingerprint density at radius 2 is 2.08 bits per heavy atom. The second-order valence-corrected chi connectivity index (χ2v) is 7.62. The second-order valence-electron chi connectivity index (χ2n) is 7.62. The van der Waals surface area contributed by atoms with Crippen LogP contribution in [0.25, 0.3) is 0 Å². The van der Waals surface area contributed by atoms with Crippen LogP contribution in [-0.4, -0.2) is 23.5 Å². The van der Waals surface area contributed by atoms with Gasteiger partial charge in [0.2, 0.25) is 0 Å². The van der Waals surface area contributed by atoms with E-state index in [1.165, 1.54) is 0 Å². The van der Waals surface area contributed by atoms with Crippen molar-refractivity contribution in [1.29, 1.82) is 0 Å². The molecule has 0 spiro atoms. The predicted octanol–water partition coefficient (Wildman–Crippen LogP) is 4.52. The average molecular weight is 329 g/mol. The van der Waals surface area contributed by atoms with Crippen LogP contribution in [0.4, 0.5) is 0 Å². The first-order chi connectivity index (χ1) is 11.6. The molecule has 2 aliphatic carbocycles. The van der Waals surface area contributed by atoms with Crippen molar-refractivity contribution in [3.63, 3.8) is 0 Å². The fraction of sp³-hybridized carbons (Fsp3) is 0.600. The molecule has 0 saturated heterocycles. The first-order valence-corrected chi connectivity index (χ1v) is 9.00. The molecule has 5 atom stereocenters. The van der Waals surface area contributed by atoms with Crippen molar-refractivity contribution in [3.8, 4) is 0 Å². The minimum Gasteiger partial charge on any atom is -0.458 e. The molecule has 0 amide bonds. The number of fused-ring (bicyclic) bond motifs is 1. The number of esters is 1. The third-order valence-electron chi connectivity index (χ3n) is 6.34. The molecule has 0 bridgehead atoms. The van der Waals surface area contributed by atoms with Crippen LogP contribution in [0.15, 0.2) is 35.5 Å². The summed E-state index contributed by atoms with van der Waals surface area (Å²) in [4.78, 5) is 12.4. The monoisotopic (exact) mass is 329 g/mol. The molecule has 1 aromatic carbocycles. The van der Waals surface area contributed by atoms with E-state index in [1.807, 2.05) is 30.3 Å². The summed E-state index contributed by atoms with van der Waals surface area (Å²) in [5.74, 6) is 0.918. The predicted molar refractivity (Wildman–Crippen MR) is 93.3 cm³/mol. The van der Waals surface area contributed by atoms with Crippen molar-refractivity contribution in [1.82, 2.24) is 0 Å². The van der Waals surface area contributed by atoms with Gasteiger partial charge in [-0.25, -0.2) is 4.79 Å². The highest BCUT2D eigenvalue weighted by molar-refractivity contribution is 5.89. The largest absolute Gasteiger partial charge is 0.458 e. The van der Waals surface area contributed by atoms with Crippen molar-refractivity contribution in [2.45, 2.75) is 52.1 Å². The Labute approximate surface area is 143 Å². The summed E-state index contributed by atoms with van der Waals surface area (Å²) in [5.41, 5.74) is 0.778. The van der Waals surface area contributed by atoms with Gasteiger partial charge in [-0.3, -0.25) is 0 Å². The van der Waals surface area contributed by atoms with Crippen LogP contribution in [0.5, 0.6) is 0 Å². The van der Waals surface area contributed by atoms with E-state index in [1.54, 1.807) is 6.21 Å². The lowest BCUT2D eigenvalue weighted by atomic mass is 9.62. The molecule has 1 aromatic rings. The molecule has 24 heavy (non-hydrogen) atoms. The van der Waals surface area contributed by atoms with Crippen molar-refractivity contribution < 1.29 is 14.7 Å². The number of benzene rings is 1. The second kappa shape index (κ2) is 6.96. The van der Waals surface area contributed by atoms with Gasteiger partial charge in [0.05, 0.1) is 5.56 Å². The van der Waals surface area contributed by atoms with Crippen molar-refractivity contribution in [2.75, 3.05) is 0 Å². The highest BCUT2D eigenvalue weighted by Crippen LogP contribution is 2.58. The smallest absolute Gasteiger partial charge is 0.338 e. The van der Waals surface area contributed by atoms with E-state index >= 15 is 0 Å². The van der Waals surface area contributed by atoms with Crippen molar-refractivity contribution in [2.24, 2.45) is 28.3 Å². The number of ether oxygens (including phenoxy) is 1. The zero-order chi connectivity index (χ0) is 17.2. The van der Waals surface area contributed by atoms with Gasteiger partial charge in [-0.05, 0) is 61.5 Å². The fourth-order valence-electron chi connectivity index (χ4n) is 5.15. The molecule has 0 radical (unpaired) electrons. The number of nitrogens with zero attached hydrogens (tertiary/aromatic N) is 1. The maximum Gasteiger partial charge on any atom is 0.338 e. The lowest BCUT2D eigenvalue weighted by Gasteiger charge is -2.45. The van der Waals surface area contributed by atoms with E-state index < -0.39 is 0 Å². The minimum absolute atomic E-state index is 0.000258. The number of carbonyl (C=O) groups excluding carboxylic acids is 1. The highest BCUT2D eigenvalue weighted by Gasteiger charge is 2.53. The van der Waals surface area contributed by atoms with Gasteiger partial charge in [0.15, 0.2) is 0 Å². The summed E-state index contributed by atoms with van der Waals surface area (Å²) in [5, 5.41) is 12.1. The summed E-state index contributed by atoms with van der Waals surface area (Å²) in [6.45, 7) is 4.46. The minimum atomic E-state index is -0.210. The third kappa shape index (κ3) is 3.06. The SMILES string of the molecule is C[C@H](/C=N\O)[C@H]1CC[C@H]2[C@@H](OC(=O)c3ccccc3)CCC[C@]12C. The summed E-state index contributed by atoms with van der Waals surface area (Å²) >= 11 is 0. The van der Waals surface area contributed by atoms with Gasteiger partial charge >= 0.3 is 5.97 Å². The molecule has 1 N–H and O–H groups in total. The van der Waals surface area contributed by atoms with Crippen molar-refractivity contribution >= 4 is 12.2 Å². The number of oxime groups is 1. The Hall–Kier alpha value is -1.84. The Balaban J connectivity index is 1.74. The molecule has 130 valence electrons. The zero-order valence-electron chi connectivity index (χ0n) is 14.5. The lowest BCUT2D eigenvalue weighted by Crippen LogP contribution is -2.43. The van der Waals surface area contributed by atoms with E-state index in [2.05, 4.69) is 19.0 Å². The Morgan fingerprint density at radius 1 is 1.33 bits per heavy atom. The number of rotatable bonds is 4. The van der Waals surface area contributed by atoms with Gasteiger partial charge in [-0.15, -0.1) is 5.16 Å². The Kier molecular flexibility index (Phi) is 4.93. The summed E-state index contributed by atoms with van der Waals surface area (Å²) < 4.78 is 5.92. The van der Waals surface area contributed by atoms with Crippen molar-refractivity contribution in [3.05, 3.63) is 35.9 Å². The topological polar surface area (TPSA) is 58.9 Å². The highest BCUT2D eigenvalue weighted by atomic mass is 16.5. The van der Waals surface area contributed by atoms with Crippen LogP contribution in [0.1, 0.15) is 56.3 Å². The molecular formula is C20H27NO3. The molecule has 4 nitrogen and oxygen atoms in total. The van der Waals surface area contributed by atoms with Crippen LogP contribution in [0.2, 0.25) is 0 Å². The van der Waals surface area contributed by atoms with E-state index in [9.17, 15) is 4.79 Å². The van der Waals surface area contributed by atoms with E-state index in [0.717, 1.165) is 32.1 Å². The molecule has 0 heterocycles. The zero-order valence-corrected chi connectivity index (χ0v) is 14.5. The molecule has 2 aliphatic rings. The molecule has 0 aliphatic heterocycles. The van der Waals surface area contributed by atoms with Gasteiger partial charge in [-0.2, -0.15) is 0 Å². The number of hydrogen-bond donors (Lipinski definition) is 1. The van der Waals surface area contributed by atoms with Gasteiger partial charge in [0.1, 0.15) is 6.10 Å². The normalized spacial score (nSPS) is 34.0. The standard InChI is InChI=1S/C20H27NO3/c1-14(13-21-23)16-10-11-17-18(9-6-12-20(16,17)2)24-19(22)15-7-4-3-5-8-15/h3-5,7-8,13-14,16-18,23H,6,9-12H2,1-2H3/b21-13-/t14-,16-,17+,18+,20-/m1/s1. The molecule has 3 rings (SSSR count). The van der Waals surface area contributed by atoms with E-state index in [-0.39, 0.29) is 23.4 Å². The summed E-state index contributed by atoms with van der Waals surface area (Å²) in [7, 11) is 0. The van der Waals surface area contributed by atoms with Gasteiger partial charge in [0, 0.05) is 12.1 Å². The summed E-state index contributed by atoms with van der Waals surface area (Å²) in [6.07, 6.45) is 7.03. The quantitative estimate of drug-likeness (QED) is 0.382. The Bertz CT molecular complexity index is 600. The third-order valence-corrected chi connectivity index (χ3v) is 6.34. The molecular weight excluding hydrogens is 302 g/mol. The first-order valence-electron chi connectivity index (χ1n) is 9.00. The lowest BCUT2D eigenvalue weighted by molar-refractivity contribution is -0.0435. The first kappa shape index (κ1) is 17.0. The van der Waals surface area contributed by atoms with Gasteiger partial charge in [-0.1, -0.05) is 32.0 Å². The van der Waals surface area contributed by atoms with Crippen LogP contribution in [0, 0.1) is 23.2 Å². The maximum atomic E-state index is 12.4. The maximum absolute atomic E-state index is 12.4. The fourth-order valence-corrected chi connectivity index (χ4v) is 5.15. The van der Waals surface area contributed by atoms with Crippen LogP contribution in [-0.2, 0) is 4.74 Å². The van der Waals surface area contributed by atoms with Gasteiger partial charge < -0.3 is 9.94 Å². The van der Waals surface area contributed by atoms with E-state index in [0.29, 0.717) is 17.4 Å². The molecule has 2 fully saturated rings. The average Bonchev–Trinajstić information content (AvgIpc) is 2.94. The Morgan fingerprint density at radius 3 is 2.79 bits per heavy atom. The summed E-state index contributed by atoms with van der Waals surface area (Å²) in [6, 6.07) is 9.25. The van der Waals surface area contributed by atoms with E-state index in [4.69, 9.17) is 9.94 Å². The van der Waals surface area contributed by atoms with Gasteiger partial charge in [0.25, 0.3) is 0 Å². The molecule has 2 saturated carbocycles.